The number of carbonyl (C=O) groups is 1. The van der Waals surface area contributed by atoms with E-state index in [1.165, 1.54) is 6.92 Å². The number of nitrogens with zero attached hydrogens (tertiary/aromatic N) is 1. The molecule has 0 fully saturated rings. The molecule has 0 radical (unpaired) electrons. The molecule has 1 aromatic heterocycles. The number of anilines is 2. The molecule has 6 nitrogen and oxygen atoms in total. The first-order valence-electron chi connectivity index (χ1n) is 7.03. The Bertz CT molecular complexity index is 820. The number of rotatable bonds is 4. The third-order valence-corrected chi connectivity index (χ3v) is 4.86. The number of sulfonamides is 1. The summed E-state index contributed by atoms with van der Waals surface area (Å²) in [5, 5.41) is 2.65. The summed E-state index contributed by atoms with van der Waals surface area (Å²) in [5.41, 5.74) is 2.61. The van der Waals surface area contributed by atoms with E-state index in [1.54, 1.807) is 44.3 Å². The molecule has 0 aliphatic heterocycles. The van der Waals surface area contributed by atoms with E-state index in [4.69, 9.17) is 0 Å². The summed E-state index contributed by atoms with van der Waals surface area (Å²) in [7, 11) is -3.76. The normalized spacial score (nSPS) is 11.1. The minimum atomic E-state index is -3.76. The van der Waals surface area contributed by atoms with Crippen molar-refractivity contribution in [2.45, 2.75) is 32.6 Å². The summed E-state index contributed by atoms with van der Waals surface area (Å²) in [6.07, 6.45) is 1.59. The number of hydrogen-bond donors (Lipinski definition) is 2. The maximum absolute atomic E-state index is 12.6. The van der Waals surface area contributed by atoms with Crippen LogP contribution in [0.3, 0.4) is 0 Å². The van der Waals surface area contributed by atoms with Gasteiger partial charge in [0.25, 0.3) is 10.0 Å². The molecular formula is C16H19N3O3S. The summed E-state index contributed by atoms with van der Waals surface area (Å²) in [6, 6.07) is 6.66. The Kier molecular flexibility index (Phi) is 4.70. The standard InChI is InChI=1S/C16H19N3O3S/c1-10-5-6-15(17-9-10)19-23(21,22)16-11(2)7-14(8-12(16)3)18-13(4)20/h5-9H,1-4H3,(H,17,19)(H,18,20). The van der Waals surface area contributed by atoms with Crippen molar-refractivity contribution in [3.05, 3.63) is 47.2 Å². The van der Waals surface area contributed by atoms with Gasteiger partial charge in [-0.1, -0.05) is 6.07 Å². The lowest BCUT2D eigenvalue weighted by Gasteiger charge is -2.14. The molecule has 1 amide bonds. The number of aryl methyl sites for hydroxylation is 3. The van der Waals surface area contributed by atoms with Crippen molar-refractivity contribution < 1.29 is 13.2 Å². The van der Waals surface area contributed by atoms with Crippen LogP contribution >= 0.6 is 0 Å². The first-order chi connectivity index (χ1) is 10.7. The second-order valence-electron chi connectivity index (χ2n) is 5.45. The van der Waals surface area contributed by atoms with Gasteiger partial charge >= 0.3 is 0 Å². The molecule has 0 aliphatic rings. The van der Waals surface area contributed by atoms with Crippen LogP contribution in [0.5, 0.6) is 0 Å². The number of nitrogens with one attached hydrogen (secondary N) is 2. The molecule has 2 N–H and O–H groups in total. The zero-order valence-corrected chi connectivity index (χ0v) is 14.3. The Labute approximate surface area is 136 Å². The van der Waals surface area contributed by atoms with Crippen molar-refractivity contribution in [2.24, 2.45) is 0 Å². The molecule has 2 rings (SSSR count). The summed E-state index contributed by atoms with van der Waals surface area (Å²) in [4.78, 5) is 15.4. The van der Waals surface area contributed by atoms with Gasteiger partial charge in [-0.3, -0.25) is 9.52 Å². The highest BCUT2D eigenvalue weighted by atomic mass is 32.2. The zero-order valence-electron chi connectivity index (χ0n) is 13.5. The zero-order chi connectivity index (χ0) is 17.2. The average Bonchev–Trinajstić information content (AvgIpc) is 2.39. The van der Waals surface area contributed by atoms with Crippen molar-refractivity contribution in [3.8, 4) is 0 Å². The Balaban J connectivity index is 2.39. The molecule has 1 aromatic carbocycles. The Morgan fingerprint density at radius 2 is 1.70 bits per heavy atom. The molecule has 23 heavy (non-hydrogen) atoms. The monoisotopic (exact) mass is 333 g/mol. The quantitative estimate of drug-likeness (QED) is 0.900. The minimum Gasteiger partial charge on any atom is -0.326 e. The largest absolute Gasteiger partial charge is 0.326 e. The van der Waals surface area contributed by atoms with Crippen LogP contribution in [0.2, 0.25) is 0 Å². The highest BCUT2D eigenvalue weighted by molar-refractivity contribution is 7.92. The molecule has 0 atom stereocenters. The van der Waals surface area contributed by atoms with Crippen molar-refractivity contribution in [1.29, 1.82) is 0 Å². The fraction of sp³-hybridized carbons (Fsp3) is 0.250. The molecule has 0 spiro atoms. The Morgan fingerprint density at radius 1 is 1.09 bits per heavy atom. The highest BCUT2D eigenvalue weighted by Gasteiger charge is 2.21. The lowest BCUT2D eigenvalue weighted by molar-refractivity contribution is -0.114. The fourth-order valence-electron chi connectivity index (χ4n) is 2.37. The number of amides is 1. The van der Waals surface area contributed by atoms with Crippen molar-refractivity contribution in [2.75, 3.05) is 10.0 Å². The van der Waals surface area contributed by atoms with E-state index in [0.29, 0.717) is 16.8 Å². The summed E-state index contributed by atoms with van der Waals surface area (Å²) >= 11 is 0. The lowest BCUT2D eigenvalue weighted by atomic mass is 10.1. The Hall–Kier alpha value is -2.41. The third kappa shape index (κ3) is 4.07. The predicted molar refractivity (Wildman–Crippen MR) is 90.0 cm³/mol. The second kappa shape index (κ2) is 6.37. The molecule has 1 heterocycles. The first kappa shape index (κ1) is 17.0. The van der Waals surface area contributed by atoms with Crippen LogP contribution in [-0.4, -0.2) is 19.3 Å². The molecule has 0 saturated carbocycles. The lowest BCUT2D eigenvalue weighted by Crippen LogP contribution is -2.17. The van der Waals surface area contributed by atoms with E-state index < -0.39 is 10.0 Å². The summed E-state index contributed by atoms with van der Waals surface area (Å²) < 4.78 is 27.7. The number of hydrogen-bond acceptors (Lipinski definition) is 4. The van der Waals surface area contributed by atoms with Gasteiger partial charge in [0.15, 0.2) is 0 Å². The topological polar surface area (TPSA) is 88.2 Å². The van der Waals surface area contributed by atoms with Crippen LogP contribution in [-0.2, 0) is 14.8 Å². The molecule has 7 heteroatoms. The van der Waals surface area contributed by atoms with Gasteiger partial charge in [0.1, 0.15) is 5.82 Å². The van der Waals surface area contributed by atoms with E-state index in [-0.39, 0.29) is 16.6 Å². The molecule has 0 saturated heterocycles. The van der Waals surface area contributed by atoms with Crippen LogP contribution in [0.15, 0.2) is 35.4 Å². The van der Waals surface area contributed by atoms with Gasteiger partial charge in [0.05, 0.1) is 4.90 Å². The molecule has 0 bridgehead atoms. The summed E-state index contributed by atoms with van der Waals surface area (Å²) in [6.45, 7) is 6.66. The van der Waals surface area contributed by atoms with Crippen LogP contribution in [0.1, 0.15) is 23.6 Å². The SMILES string of the molecule is CC(=O)Nc1cc(C)c(S(=O)(=O)Nc2ccc(C)cn2)c(C)c1. The number of carbonyl (C=O) groups excluding carboxylic acids is 1. The van der Waals surface area contributed by atoms with E-state index in [9.17, 15) is 13.2 Å². The first-order valence-corrected chi connectivity index (χ1v) is 8.51. The molecule has 2 aromatic rings. The van der Waals surface area contributed by atoms with E-state index in [1.807, 2.05) is 6.92 Å². The van der Waals surface area contributed by atoms with Crippen molar-refractivity contribution in [3.63, 3.8) is 0 Å². The van der Waals surface area contributed by atoms with Crippen LogP contribution in [0.25, 0.3) is 0 Å². The fourth-order valence-corrected chi connectivity index (χ4v) is 3.83. The van der Waals surface area contributed by atoms with Gasteiger partial charge in [-0.2, -0.15) is 0 Å². The van der Waals surface area contributed by atoms with Crippen LogP contribution in [0, 0.1) is 20.8 Å². The summed E-state index contributed by atoms with van der Waals surface area (Å²) in [5.74, 6) is 0.0572. The van der Waals surface area contributed by atoms with Gasteiger partial charge in [0.2, 0.25) is 5.91 Å². The second-order valence-corrected chi connectivity index (χ2v) is 7.07. The van der Waals surface area contributed by atoms with Crippen molar-refractivity contribution in [1.82, 2.24) is 4.98 Å². The smallest absolute Gasteiger partial charge is 0.263 e. The third-order valence-electron chi connectivity index (χ3n) is 3.20. The Morgan fingerprint density at radius 3 is 2.17 bits per heavy atom. The van der Waals surface area contributed by atoms with Crippen LogP contribution in [0.4, 0.5) is 11.5 Å². The van der Waals surface area contributed by atoms with Crippen molar-refractivity contribution >= 4 is 27.4 Å². The minimum absolute atomic E-state index is 0.189. The predicted octanol–water partition coefficient (Wildman–Crippen LogP) is 2.77. The van der Waals surface area contributed by atoms with Gasteiger partial charge in [-0.05, 0) is 55.7 Å². The van der Waals surface area contributed by atoms with E-state index in [2.05, 4.69) is 15.0 Å². The van der Waals surface area contributed by atoms with E-state index >= 15 is 0 Å². The van der Waals surface area contributed by atoms with Gasteiger partial charge in [-0.25, -0.2) is 13.4 Å². The maximum Gasteiger partial charge on any atom is 0.263 e. The maximum atomic E-state index is 12.6. The molecule has 122 valence electrons. The number of benzene rings is 1. The molecule has 0 unspecified atom stereocenters. The number of pyridine rings is 1. The number of aromatic nitrogens is 1. The van der Waals surface area contributed by atoms with E-state index in [0.717, 1.165) is 5.56 Å². The highest BCUT2D eigenvalue weighted by Crippen LogP contribution is 2.26. The molecule has 0 aliphatic carbocycles. The molecular weight excluding hydrogens is 314 g/mol. The van der Waals surface area contributed by atoms with Gasteiger partial charge in [-0.15, -0.1) is 0 Å². The van der Waals surface area contributed by atoms with Gasteiger partial charge in [0, 0.05) is 18.8 Å². The van der Waals surface area contributed by atoms with Gasteiger partial charge < -0.3 is 5.32 Å². The van der Waals surface area contributed by atoms with Crippen LogP contribution < -0.4 is 10.0 Å². The average molecular weight is 333 g/mol.